The SMILES string of the molecule is COc1ccc(S(=O)(=O)N2CCC(C(=O)O)=C(Br)c3ccccc32)cc1F. The predicted octanol–water partition coefficient (Wildman–Crippen LogP) is 3.62. The minimum atomic E-state index is -4.12. The molecule has 6 nitrogen and oxygen atoms in total. The molecule has 0 amide bonds. The van der Waals surface area contributed by atoms with Gasteiger partial charge >= 0.3 is 5.97 Å². The van der Waals surface area contributed by atoms with E-state index in [1.165, 1.54) is 19.2 Å². The van der Waals surface area contributed by atoms with Gasteiger partial charge in [0.2, 0.25) is 0 Å². The lowest BCUT2D eigenvalue weighted by Gasteiger charge is -2.25. The fourth-order valence-corrected chi connectivity index (χ4v) is 5.07. The number of para-hydroxylation sites is 1. The molecule has 0 radical (unpaired) electrons. The van der Waals surface area contributed by atoms with Crippen LogP contribution in [-0.2, 0) is 14.8 Å². The van der Waals surface area contributed by atoms with Crippen LogP contribution in [0.5, 0.6) is 5.75 Å². The Hall–Kier alpha value is -2.39. The minimum Gasteiger partial charge on any atom is -0.494 e. The predicted molar refractivity (Wildman–Crippen MR) is 102 cm³/mol. The molecule has 1 heterocycles. The van der Waals surface area contributed by atoms with E-state index in [-0.39, 0.29) is 29.2 Å². The van der Waals surface area contributed by atoms with Gasteiger partial charge in [-0.1, -0.05) is 18.2 Å². The van der Waals surface area contributed by atoms with E-state index in [4.69, 9.17) is 4.74 Å². The molecule has 0 bridgehead atoms. The maximum Gasteiger partial charge on any atom is 0.332 e. The molecule has 1 aliphatic heterocycles. The van der Waals surface area contributed by atoms with E-state index in [1.54, 1.807) is 24.3 Å². The fourth-order valence-electron chi connectivity index (χ4n) is 2.87. The molecule has 0 unspecified atom stereocenters. The number of fused-ring (bicyclic) bond motifs is 1. The molecule has 2 aromatic carbocycles. The number of carboxylic acid groups (broad SMARTS) is 1. The number of halogens is 2. The van der Waals surface area contributed by atoms with Crippen LogP contribution in [0.15, 0.2) is 52.9 Å². The zero-order valence-electron chi connectivity index (χ0n) is 14.1. The number of ether oxygens (including phenoxy) is 1. The number of sulfonamides is 1. The fraction of sp³-hybridized carbons (Fsp3) is 0.167. The van der Waals surface area contributed by atoms with Crippen LogP contribution < -0.4 is 9.04 Å². The Labute approximate surface area is 164 Å². The molecule has 0 fully saturated rings. The molecule has 27 heavy (non-hydrogen) atoms. The number of methoxy groups -OCH3 is 1. The van der Waals surface area contributed by atoms with Crippen molar-refractivity contribution < 1.29 is 27.4 Å². The zero-order valence-corrected chi connectivity index (χ0v) is 16.5. The van der Waals surface area contributed by atoms with Crippen molar-refractivity contribution in [2.75, 3.05) is 18.0 Å². The number of carbonyl (C=O) groups is 1. The standard InChI is InChI=1S/C18H15BrFNO5S/c1-26-16-7-6-11(10-14(16)20)27(24,25)21-9-8-13(18(22)23)17(19)12-4-2-3-5-15(12)21/h2-7,10H,8-9H2,1H3,(H,22,23). The molecule has 0 atom stereocenters. The van der Waals surface area contributed by atoms with Crippen LogP contribution in [0.2, 0.25) is 0 Å². The molecule has 0 saturated carbocycles. The lowest BCUT2D eigenvalue weighted by molar-refractivity contribution is -0.132. The van der Waals surface area contributed by atoms with E-state index in [9.17, 15) is 22.7 Å². The summed E-state index contributed by atoms with van der Waals surface area (Å²) in [4.78, 5) is 11.3. The Kier molecular flexibility index (Phi) is 5.25. The molecule has 9 heteroatoms. The van der Waals surface area contributed by atoms with Crippen molar-refractivity contribution in [1.82, 2.24) is 0 Å². The van der Waals surface area contributed by atoms with Crippen LogP contribution in [0, 0.1) is 5.82 Å². The number of rotatable bonds is 4. The molecule has 0 aliphatic carbocycles. The second-order valence-corrected chi connectivity index (χ2v) is 8.39. The second kappa shape index (κ2) is 7.32. The van der Waals surface area contributed by atoms with E-state index in [0.29, 0.717) is 15.7 Å². The van der Waals surface area contributed by atoms with Gasteiger partial charge < -0.3 is 9.84 Å². The van der Waals surface area contributed by atoms with Crippen molar-refractivity contribution in [2.24, 2.45) is 0 Å². The molecule has 0 aromatic heterocycles. The first-order valence-electron chi connectivity index (χ1n) is 7.85. The molecule has 2 aromatic rings. The van der Waals surface area contributed by atoms with Gasteiger partial charge in [-0.3, -0.25) is 4.31 Å². The Morgan fingerprint density at radius 1 is 1.26 bits per heavy atom. The van der Waals surface area contributed by atoms with Gasteiger partial charge in [-0.05, 0) is 46.6 Å². The molecular formula is C18H15BrFNO5S. The summed E-state index contributed by atoms with van der Waals surface area (Å²) in [5, 5.41) is 9.44. The number of anilines is 1. The van der Waals surface area contributed by atoms with Gasteiger partial charge in [-0.2, -0.15) is 0 Å². The van der Waals surface area contributed by atoms with Gasteiger partial charge in [0, 0.05) is 16.6 Å². The molecule has 0 spiro atoms. The van der Waals surface area contributed by atoms with Crippen LogP contribution in [0.1, 0.15) is 12.0 Å². The number of aliphatic carboxylic acids is 1. The molecule has 1 aliphatic rings. The van der Waals surface area contributed by atoms with Gasteiger partial charge in [0.15, 0.2) is 11.6 Å². The maximum absolute atomic E-state index is 14.1. The van der Waals surface area contributed by atoms with Crippen molar-refractivity contribution in [3.8, 4) is 5.75 Å². The summed E-state index contributed by atoms with van der Waals surface area (Å²) < 4.78 is 46.7. The van der Waals surface area contributed by atoms with E-state index in [1.807, 2.05) is 0 Å². The van der Waals surface area contributed by atoms with Gasteiger partial charge in [0.05, 0.1) is 23.3 Å². The monoisotopic (exact) mass is 455 g/mol. The highest BCUT2D eigenvalue weighted by Crippen LogP contribution is 2.39. The molecule has 3 rings (SSSR count). The third-order valence-corrected chi connectivity index (χ3v) is 6.92. The largest absolute Gasteiger partial charge is 0.494 e. The van der Waals surface area contributed by atoms with Gasteiger partial charge in [-0.15, -0.1) is 0 Å². The highest BCUT2D eigenvalue weighted by Gasteiger charge is 2.32. The maximum atomic E-state index is 14.1. The smallest absolute Gasteiger partial charge is 0.332 e. The first-order chi connectivity index (χ1) is 12.8. The topological polar surface area (TPSA) is 83.9 Å². The minimum absolute atomic E-state index is 0.0114. The Morgan fingerprint density at radius 3 is 2.59 bits per heavy atom. The first-order valence-corrected chi connectivity index (χ1v) is 10.1. The summed E-state index contributed by atoms with van der Waals surface area (Å²) in [5.74, 6) is -2.00. The highest BCUT2D eigenvalue weighted by molar-refractivity contribution is 9.15. The molecule has 1 N–H and O–H groups in total. The lowest BCUT2D eigenvalue weighted by atomic mass is 10.1. The first kappa shape index (κ1) is 19.4. The van der Waals surface area contributed by atoms with Crippen molar-refractivity contribution in [2.45, 2.75) is 11.3 Å². The van der Waals surface area contributed by atoms with E-state index < -0.39 is 21.8 Å². The van der Waals surface area contributed by atoms with Crippen molar-refractivity contribution >= 4 is 42.1 Å². The van der Waals surface area contributed by atoms with E-state index in [2.05, 4.69) is 15.9 Å². The average Bonchev–Trinajstić information content (AvgIpc) is 2.79. The van der Waals surface area contributed by atoms with E-state index >= 15 is 0 Å². The number of carboxylic acids is 1. The van der Waals surface area contributed by atoms with Crippen molar-refractivity contribution in [3.05, 3.63) is 59.4 Å². The summed E-state index contributed by atoms with van der Waals surface area (Å²) in [5.41, 5.74) is 0.822. The Bertz CT molecular complexity index is 1050. The van der Waals surface area contributed by atoms with Crippen LogP contribution in [-0.4, -0.2) is 33.1 Å². The normalized spacial score (nSPS) is 14.6. The highest BCUT2D eigenvalue weighted by atomic mass is 79.9. The number of nitrogens with zero attached hydrogens (tertiary/aromatic N) is 1. The number of benzene rings is 2. The average molecular weight is 456 g/mol. The molecule has 142 valence electrons. The summed E-state index contributed by atoms with van der Waals surface area (Å²) in [7, 11) is -2.84. The van der Waals surface area contributed by atoms with Crippen LogP contribution in [0.3, 0.4) is 0 Å². The van der Waals surface area contributed by atoms with E-state index in [0.717, 1.165) is 10.4 Å². The number of hydrogen-bond donors (Lipinski definition) is 1. The summed E-state index contributed by atoms with van der Waals surface area (Å²) in [6.07, 6.45) is -0.0114. The van der Waals surface area contributed by atoms with Crippen LogP contribution in [0.4, 0.5) is 10.1 Å². The summed E-state index contributed by atoms with van der Waals surface area (Å²) in [6, 6.07) is 9.94. The van der Waals surface area contributed by atoms with Crippen molar-refractivity contribution in [3.63, 3.8) is 0 Å². The Balaban J connectivity index is 2.14. The van der Waals surface area contributed by atoms with Gasteiger partial charge in [0.25, 0.3) is 10.0 Å². The van der Waals surface area contributed by atoms with Gasteiger partial charge in [-0.25, -0.2) is 17.6 Å². The number of hydrogen-bond acceptors (Lipinski definition) is 4. The second-order valence-electron chi connectivity index (χ2n) is 5.74. The summed E-state index contributed by atoms with van der Waals surface area (Å²) >= 11 is 3.29. The van der Waals surface area contributed by atoms with Crippen LogP contribution >= 0.6 is 15.9 Å². The third kappa shape index (κ3) is 3.44. The third-order valence-electron chi connectivity index (χ3n) is 4.21. The zero-order chi connectivity index (χ0) is 19.8. The summed E-state index contributed by atoms with van der Waals surface area (Å²) in [6.45, 7) is -0.0935. The Morgan fingerprint density at radius 2 is 1.96 bits per heavy atom. The van der Waals surface area contributed by atoms with Gasteiger partial charge in [0.1, 0.15) is 0 Å². The van der Waals surface area contributed by atoms with Crippen LogP contribution in [0.25, 0.3) is 4.48 Å². The van der Waals surface area contributed by atoms with Crippen molar-refractivity contribution in [1.29, 1.82) is 0 Å². The molecule has 0 saturated heterocycles. The quantitative estimate of drug-likeness (QED) is 0.760. The molecular weight excluding hydrogens is 441 g/mol. The lowest BCUT2D eigenvalue weighted by Crippen LogP contribution is -2.32.